The predicted octanol–water partition coefficient (Wildman–Crippen LogP) is 3.67. The number of unbranched alkanes of at least 4 members (excludes halogenated alkanes) is 1. The van der Waals surface area contributed by atoms with E-state index in [4.69, 9.17) is 10.5 Å². The molecule has 94 valence electrons. The normalized spacial score (nSPS) is 10.2. The van der Waals surface area contributed by atoms with Crippen LogP contribution in [0.15, 0.2) is 54.6 Å². The van der Waals surface area contributed by atoms with E-state index >= 15 is 0 Å². The number of hydrogen-bond donors (Lipinski definition) is 1. The molecule has 18 heavy (non-hydrogen) atoms. The molecule has 0 amide bonds. The molecule has 2 aromatic rings. The molecule has 0 atom stereocenters. The summed E-state index contributed by atoms with van der Waals surface area (Å²) in [6, 6.07) is 18.0. The third-order valence-corrected chi connectivity index (χ3v) is 2.82. The predicted molar refractivity (Wildman–Crippen MR) is 75.7 cm³/mol. The highest BCUT2D eigenvalue weighted by Crippen LogP contribution is 2.11. The summed E-state index contributed by atoms with van der Waals surface area (Å²) in [5.41, 5.74) is 7.88. The molecule has 2 rings (SSSR count). The summed E-state index contributed by atoms with van der Waals surface area (Å²) in [5.74, 6) is 0.946. The maximum atomic E-state index is 5.74. The van der Waals surface area contributed by atoms with E-state index in [0.717, 1.165) is 37.3 Å². The first-order chi connectivity index (χ1) is 8.84. The van der Waals surface area contributed by atoms with E-state index in [9.17, 15) is 0 Å². The van der Waals surface area contributed by atoms with Crippen LogP contribution in [0.25, 0.3) is 0 Å². The zero-order valence-electron chi connectivity index (χ0n) is 10.5. The Morgan fingerprint density at radius 2 is 1.72 bits per heavy atom. The number of rotatable bonds is 6. The number of hydrogen-bond acceptors (Lipinski definition) is 2. The molecule has 0 bridgehead atoms. The number of aryl methyl sites for hydroxylation is 1. The fourth-order valence-electron chi connectivity index (χ4n) is 1.89. The number of benzene rings is 2. The van der Waals surface area contributed by atoms with Crippen LogP contribution in [0.4, 0.5) is 5.69 Å². The Kier molecular flexibility index (Phi) is 4.65. The minimum Gasteiger partial charge on any atom is -0.494 e. The molecule has 0 heterocycles. The molecule has 0 saturated heterocycles. The molecule has 2 aromatic carbocycles. The molecule has 2 heteroatoms. The minimum absolute atomic E-state index is 0.770. The van der Waals surface area contributed by atoms with Gasteiger partial charge in [-0.2, -0.15) is 0 Å². The molecule has 0 aliphatic heterocycles. The van der Waals surface area contributed by atoms with Gasteiger partial charge in [-0.25, -0.2) is 0 Å². The van der Waals surface area contributed by atoms with Crippen LogP contribution in [0, 0.1) is 0 Å². The molecule has 0 aromatic heterocycles. The highest BCUT2D eigenvalue weighted by Gasteiger charge is 1.95. The Bertz CT molecular complexity index is 468. The monoisotopic (exact) mass is 241 g/mol. The molecule has 0 aliphatic carbocycles. The number of nitrogens with two attached hydrogens (primary N) is 1. The number of nitrogen functional groups attached to an aromatic ring is 1. The average Bonchev–Trinajstić information content (AvgIpc) is 2.40. The van der Waals surface area contributed by atoms with Crippen molar-refractivity contribution in [1.82, 2.24) is 0 Å². The van der Waals surface area contributed by atoms with Crippen molar-refractivity contribution in [2.75, 3.05) is 12.3 Å². The quantitative estimate of drug-likeness (QED) is 0.618. The van der Waals surface area contributed by atoms with Gasteiger partial charge in [-0.1, -0.05) is 30.3 Å². The van der Waals surface area contributed by atoms with Gasteiger partial charge in [-0.15, -0.1) is 0 Å². The molecule has 0 radical (unpaired) electrons. The Morgan fingerprint density at radius 3 is 2.50 bits per heavy atom. The van der Waals surface area contributed by atoms with Gasteiger partial charge in [0.25, 0.3) is 0 Å². The van der Waals surface area contributed by atoms with E-state index in [2.05, 4.69) is 6.07 Å². The second-order valence-electron chi connectivity index (χ2n) is 4.36. The lowest BCUT2D eigenvalue weighted by atomic mass is 10.1. The summed E-state index contributed by atoms with van der Waals surface area (Å²) < 4.78 is 5.64. The van der Waals surface area contributed by atoms with Crippen molar-refractivity contribution in [2.45, 2.75) is 19.3 Å². The van der Waals surface area contributed by atoms with Gasteiger partial charge in [-0.05, 0) is 49.1 Å². The smallest absolute Gasteiger partial charge is 0.119 e. The fourth-order valence-corrected chi connectivity index (χ4v) is 1.89. The molecular weight excluding hydrogens is 222 g/mol. The molecule has 0 unspecified atom stereocenters. The zero-order chi connectivity index (χ0) is 12.6. The van der Waals surface area contributed by atoms with Crippen LogP contribution < -0.4 is 10.5 Å². The summed E-state index contributed by atoms with van der Waals surface area (Å²) in [7, 11) is 0. The van der Waals surface area contributed by atoms with Crippen molar-refractivity contribution in [3.05, 3.63) is 60.2 Å². The first-order valence-electron chi connectivity index (χ1n) is 6.37. The van der Waals surface area contributed by atoms with Crippen molar-refractivity contribution in [3.63, 3.8) is 0 Å². The zero-order valence-corrected chi connectivity index (χ0v) is 10.5. The lowest BCUT2D eigenvalue weighted by Crippen LogP contribution is -1.98. The van der Waals surface area contributed by atoms with Crippen LogP contribution in [0.2, 0.25) is 0 Å². The van der Waals surface area contributed by atoms with Gasteiger partial charge in [0.1, 0.15) is 5.75 Å². The van der Waals surface area contributed by atoms with E-state index in [-0.39, 0.29) is 0 Å². The van der Waals surface area contributed by atoms with Gasteiger partial charge in [0.15, 0.2) is 0 Å². The van der Waals surface area contributed by atoms with E-state index in [0.29, 0.717) is 0 Å². The van der Waals surface area contributed by atoms with E-state index in [1.54, 1.807) is 0 Å². The van der Waals surface area contributed by atoms with Crippen molar-refractivity contribution >= 4 is 5.69 Å². The fraction of sp³-hybridized carbons (Fsp3) is 0.250. The summed E-state index contributed by atoms with van der Waals surface area (Å²) in [6.45, 7) is 0.770. The van der Waals surface area contributed by atoms with Crippen molar-refractivity contribution < 1.29 is 4.74 Å². The molecule has 0 saturated carbocycles. The van der Waals surface area contributed by atoms with Gasteiger partial charge < -0.3 is 10.5 Å². The maximum Gasteiger partial charge on any atom is 0.119 e. The largest absolute Gasteiger partial charge is 0.494 e. The van der Waals surface area contributed by atoms with Gasteiger partial charge in [0, 0.05) is 5.69 Å². The highest BCUT2D eigenvalue weighted by atomic mass is 16.5. The molecule has 0 spiro atoms. The van der Waals surface area contributed by atoms with E-state index < -0.39 is 0 Å². The Labute approximate surface area is 108 Å². The Morgan fingerprint density at radius 1 is 0.889 bits per heavy atom. The Balaban J connectivity index is 1.65. The molecule has 2 N–H and O–H groups in total. The average molecular weight is 241 g/mol. The summed E-state index contributed by atoms with van der Waals surface area (Å²) >= 11 is 0. The van der Waals surface area contributed by atoms with Gasteiger partial charge in [-0.3, -0.25) is 0 Å². The van der Waals surface area contributed by atoms with Crippen LogP contribution in [-0.2, 0) is 6.42 Å². The first kappa shape index (κ1) is 12.5. The molecule has 0 aliphatic rings. The van der Waals surface area contributed by atoms with E-state index in [1.807, 2.05) is 48.5 Å². The Hall–Kier alpha value is -1.96. The molecule has 2 nitrogen and oxygen atoms in total. The minimum atomic E-state index is 0.770. The highest BCUT2D eigenvalue weighted by molar-refractivity contribution is 5.40. The van der Waals surface area contributed by atoms with Crippen LogP contribution in [0.3, 0.4) is 0 Å². The van der Waals surface area contributed by atoms with Crippen molar-refractivity contribution in [2.24, 2.45) is 0 Å². The second kappa shape index (κ2) is 6.70. The van der Waals surface area contributed by atoms with Crippen LogP contribution in [0.1, 0.15) is 18.4 Å². The third kappa shape index (κ3) is 4.13. The second-order valence-corrected chi connectivity index (χ2v) is 4.36. The van der Waals surface area contributed by atoms with Gasteiger partial charge in [0.2, 0.25) is 0 Å². The van der Waals surface area contributed by atoms with Crippen molar-refractivity contribution in [1.29, 1.82) is 0 Å². The summed E-state index contributed by atoms with van der Waals surface area (Å²) in [6.07, 6.45) is 3.24. The SMILES string of the molecule is Nc1cccc(CCCCOc2ccccc2)c1. The van der Waals surface area contributed by atoms with Crippen LogP contribution in [-0.4, -0.2) is 6.61 Å². The van der Waals surface area contributed by atoms with Gasteiger partial charge >= 0.3 is 0 Å². The van der Waals surface area contributed by atoms with Crippen molar-refractivity contribution in [3.8, 4) is 5.75 Å². The summed E-state index contributed by atoms with van der Waals surface area (Å²) in [4.78, 5) is 0. The number of anilines is 1. The molecular formula is C16H19NO. The van der Waals surface area contributed by atoms with Crippen LogP contribution in [0.5, 0.6) is 5.75 Å². The number of para-hydroxylation sites is 1. The topological polar surface area (TPSA) is 35.2 Å². The molecule has 0 fully saturated rings. The van der Waals surface area contributed by atoms with Crippen LogP contribution >= 0.6 is 0 Å². The summed E-state index contributed by atoms with van der Waals surface area (Å²) in [5, 5.41) is 0. The standard InChI is InChI=1S/C16H19NO/c17-15-9-6-8-14(13-15)7-4-5-12-18-16-10-2-1-3-11-16/h1-3,6,8-11,13H,4-5,7,12,17H2. The van der Waals surface area contributed by atoms with E-state index in [1.165, 1.54) is 5.56 Å². The lowest BCUT2D eigenvalue weighted by Gasteiger charge is -2.06. The first-order valence-corrected chi connectivity index (χ1v) is 6.37. The maximum absolute atomic E-state index is 5.74. The number of ether oxygens (including phenoxy) is 1. The van der Waals surface area contributed by atoms with Gasteiger partial charge in [0.05, 0.1) is 6.61 Å². The third-order valence-electron chi connectivity index (χ3n) is 2.82. The lowest BCUT2D eigenvalue weighted by molar-refractivity contribution is 0.307.